The number of benzene rings is 2. The molecule has 0 radical (unpaired) electrons. The first-order valence-electron chi connectivity index (χ1n) is 10.7. The minimum absolute atomic E-state index is 0.208. The molecule has 0 amide bonds. The summed E-state index contributed by atoms with van der Waals surface area (Å²) in [7, 11) is -5.76. The molecule has 31 heavy (non-hydrogen) atoms. The molecule has 0 aliphatic rings. The van der Waals surface area contributed by atoms with Crippen LogP contribution in [-0.4, -0.2) is 16.5 Å². The first kappa shape index (κ1) is 24.8. The van der Waals surface area contributed by atoms with E-state index in [4.69, 9.17) is 0 Å². The predicted octanol–water partition coefficient (Wildman–Crippen LogP) is 6.37. The Morgan fingerprint density at radius 2 is 1.29 bits per heavy atom. The van der Waals surface area contributed by atoms with Crippen molar-refractivity contribution in [2.45, 2.75) is 70.0 Å². The zero-order valence-corrected chi connectivity index (χ0v) is 21.4. The Morgan fingerprint density at radius 1 is 0.774 bits per heavy atom. The summed E-state index contributed by atoms with van der Waals surface area (Å²) in [5, 5.41) is 0. The van der Waals surface area contributed by atoms with Crippen LogP contribution in [0, 0.1) is 30.4 Å². The van der Waals surface area contributed by atoms with Crippen LogP contribution in [0.3, 0.4) is 0 Å². The van der Waals surface area contributed by atoms with E-state index in [1.807, 2.05) is 13.0 Å². The lowest BCUT2D eigenvalue weighted by molar-refractivity contribution is 0.596. The molecular formula is C26H33NO2SSi. The molecule has 2 aromatic rings. The highest BCUT2D eigenvalue weighted by molar-refractivity contribution is 7.93. The van der Waals surface area contributed by atoms with E-state index >= 15 is 0 Å². The summed E-state index contributed by atoms with van der Waals surface area (Å²) in [6.07, 6.45) is 0. The first-order valence-corrected chi connectivity index (χ1v) is 14.4. The number of hydrogen-bond donors (Lipinski definition) is 0. The fraction of sp³-hybridized carbons (Fsp3) is 0.385. The average molecular weight is 452 g/mol. The molecular weight excluding hydrogens is 418 g/mol. The fourth-order valence-corrected chi connectivity index (χ4v) is 10.7. The molecule has 0 atom stereocenters. The zero-order valence-electron chi connectivity index (χ0n) is 19.6. The molecule has 0 N–H and O–H groups in total. The Hall–Kier alpha value is -2.47. The van der Waals surface area contributed by atoms with Crippen LogP contribution in [-0.2, 0) is 10.0 Å². The summed E-state index contributed by atoms with van der Waals surface area (Å²) in [5.74, 6) is 5.91. The summed E-state index contributed by atoms with van der Waals surface area (Å²) < 4.78 is 27.8. The van der Waals surface area contributed by atoms with Crippen molar-refractivity contribution in [3.8, 4) is 23.4 Å². The topological polar surface area (TPSA) is 37.4 Å². The zero-order chi connectivity index (χ0) is 23.2. The summed E-state index contributed by atoms with van der Waals surface area (Å²) in [6, 6.07) is 18.6. The second-order valence-electron chi connectivity index (χ2n) is 8.80. The van der Waals surface area contributed by atoms with Gasteiger partial charge in [-0.3, -0.25) is 0 Å². The maximum atomic E-state index is 13.3. The fourth-order valence-electron chi connectivity index (χ4n) is 4.29. The molecule has 0 fully saturated rings. The van der Waals surface area contributed by atoms with Crippen LogP contribution in [0.15, 0.2) is 59.5 Å². The van der Waals surface area contributed by atoms with Crippen molar-refractivity contribution < 1.29 is 8.42 Å². The Morgan fingerprint density at radius 3 is 1.77 bits per heavy atom. The molecule has 0 aliphatic heterocycles. The molecule has 0 aliphatic carbocycles. The van der Waals surface area contributed by atoms with Gasteiger partial charge in [0.2, 0.25) is 0 Å². The van der Waals surface area contributed by atoms with E-state index in [9.17, 15) is 8.42 Å². The number of sulfonamides is 1. The van der Waals surface area contributed by atoms with Crippen LogP contribution < -0.4 is 4.31 Å². The molecule has 0 saturated heterocycles. The van der Waals surface area contributed by atoms with Crippen molar-refractivity contribution in [2.24, 2.45) is 0 Å². The first-order chi connectivity index (χ1) is 14.5. The average Bonchev–Trinajstić information content (AvgIpc) is 2.70. The molecule has 164 valence electrons. The molecule has 2 rings (SSSR count). The van der Waals surface area contributed by atoms with Gasteiger partial charge in [0.25, 0.3) is 10.0 Å². The smallest absolute Gasteiger partial charge is 0.200 e. The minimum Gasteiger partial charge on any atom is -0.200 e. The van der Waals surface area contributed by atoms with Gasteiger partial charge < -0.3 is 0 Å². The third kappa shape index (κ3) is 5.42. The van der Waals surface area contributed by atoms with Gasteiger partial charge in [-0.05, 0) is 53.7 Å². The third-order valence-electron chi connectivity index (χ3n) is 5.91. The van der Waals surface area contributed by atoms with Crippen LogP contribution in [0.2, 0.25) is 16.6 Å². The molecule has 0 saturated carbocycles. The molecule has 0 bridgehead atoms. The second kappa shape index (κ2) is 10.2. The third-order valence-corrected chi connectivity index (χ3v) is 13.9. The van der Waals surface area contributed by atoms with Gasteiger partial charge in [-0.2, -0.15) is 4.31 Å². The molecule has 2 aromatic carbocycles. The van der Waals surface area contributed by atoms with Crippen LogP contribution >= 0.6 is 0 Å². The Bertz CT molecular complexity index is 1080. The largest absolute Gasteiger partial charge is 0.275 e. The van der Waals surface area contributed by atoms with Crippen molar-refractivity contribution in [2.75, 3.05) is 4.31 Å². The van der Waals surface area contributed by atoms with E-state index in [2.05, 4.69) is 65.0 Å². The highest BCUT2D eigenvalue weighted by atomic mass is 32.2. The lowest BCUT2D eigenvalue weighted by Gasteiger charge is -2.37. The number of rotatable bonds is 6. The number of aryl methyl sites for hydroxylation is 1. The summed E-state index contributed by atoms with van der Waals surface area (Å²) in [4.78, 5) is 0.208. The molecule has 0 aromatic heterocycles. The van der Waals surface area contributed by atoms with Gasteiger partial charge in [-0.15, -0.1) is 5.54 Å². The molecule has 0 spiro atoms. The summed E-state index contributed by atoms with van der Waals surface area (Å²) in [5.41, 5.74) is 6.50. The lowest BCUT2D eigenvalue weighted by Crippen LogP contribution is -2.43. The summed E-state index contributed by atoms with van der Waals surface area (Å²) in [6.45, 7) is 15.4. The maximum absolute atomic E-state index is 13.3. The monoisotopic (exact) mass is 451 g/mol. The second-order valence-corrected chi connectivity index (χ2v) is 16.2. The van der Waals surface area contributed by atoms with Crippen molar-refractivity contribution >= 4 is 23.8 Å². The van der Waals surface area contributed by atoms with Gasteiger partial charge in [0.05, 0.1) is 10.6 Å². The quantitative estimate of drug-likeness (QED) is 0.291. The predicted molar refractivity (Wildman–Crippen MR) is 134 cm³/mol. The van der Waals surface area contributed by atoms with E-state index in [-0.39, 0.29) is 4.90 Å². The molecule has 3 nitrogen and oxygen atoms in total. The van der Waals surface area contributed by atoms with Gasteiger partial charge in [0, 0.05) is 12.0 Å². The van der Waals surface area contributed by atoms with Gasteiger partial charge >= 0.3 is 0 Å². The summed E-state index contributed by atoms with van der Waals surface area (Å²) >= 11 is 0. The van der Waals surface area contributed by atoms with E-state index in [0.29, 0.717) is 22.3 Å². The van der Waals surface area contributed by atoms with Crippen molar-refractivity contribution in [3.05, 3.63) is 60.2 Å². The highest BCUT2D eigenvalue weighted by Crippen LogP contribution is 2.40. The Labute approximate surface area is 189 Å². The van der Waals surface area contributed by atoms with Crippen molar-refractivity contribution in [1.29, 1.82) is 0 Å². The maximum Gasteiger partial charge on any atom is 0.275 e. The minimum atomic E-state index is -3.83. The molecule has 5 heteroatoms. The van der Waals surface area contributed by atoms with E-state index in [1.165, 1.54) is 0 Å². The SMILES string of the molecule is Cc1ccc(S(=O)(=O)N(C#CC#C[Si](C(C)C)(C(C)C)C(C)C)c2ccccc2)cc1. The van der Waals surface area contributed by atoms with Crippen LogP contribution in [0.5, 0.6) is 0 Å². The van der Waals surface area contributed by atoms with Crippen molar-refractivity contribution in [1.82, 2.24) is 0 Å². The van der Waals surface area contributed by atoms with E-state index in [1.54, 1.807) is 48.5 Å². The van der Waals surface area contributed by atoms with Gasteiger partial charge in [-0.25, -0.2) is 8.42 Å². The van der Waals surface area contributed by atoms with Gasteiger partial charge in [0.15, 0.2) is 0 Å². The lowest BCUT2D eigenvalue weighted by atomic mass is 10.2. The van der Waals surface area contributed by atoms with E-state index in [0.717, 1.165) is 9.87 Å². The Kier molecular flexibility index (Phi) is 8.18. The van der Waals surface area contributed by atoms with Crippen LogP contribution in [0.25, 0.3) is 0 Å². The normalized spacial score (nSPS) is 11.7. The highest BCUT2D eigenvalue weighted by Gasteiger charge is 2.41. The Balaban J connectivity index is 2.55. The van der Waals surface area contributed by atoms with Crippen molar-refractivity contribution in [3.63, 3.8) is 0 Å². The number of para-hydroxylation sites is 1. The number of anilines is 1. The van der Waals surface area contributed by atoms with Gasteiger partial charge in [-0.1, -0.05) is 77.4 Å². The van der Waals surface area contributed by atoms with Crippen LogP contribution in [0.1, 0.15) is 47.1 Å². The molecule has 0 heterocycles. The number of hydrogen-bond acceptors (Lipinski definition) is 2. The molecule has 0 unspecified atom stereocenters. The van der Waals surface area contributed by atoms with Crippen LogP contribution in [0.4, 0.5) is 5.69 Å². The van der Waals surface area contributed by atoms with Gasteiger partial charge in [0.1, 0.15) is 8.07 Å². The number of nitrogens with zero attached hydrogens (tertiary/aromatic N) is 1. The van der Waals surface area contributed by atoms with E-state index < -0.39 is 18.1 Å². The standard InChI is InChI=1S/C26H33NO2SSi/c1-21(2)31(22(3)4,23(5)6)20-12-11-19-27(25-13-9-8-10-14-25)30(28,29)26-17-15-24(7)16-18-26/h8-10,13-18,21-23H,1-7H3.